The van der Waals surface area contributed by atoms with Gasteiger partial charge in [0.15, 0.2) is 0 Å². The molecule has 3 aromatic carbocycles. The summed E-state index contributed by atoms with van der Waals surface area (Å²) >= 11 is 0. The third kappa shape index (κ3) is 5.74. The zero-order chi connectivity index (χ0) is 26.7. The lowest BCUT2D eigenvalue weighted by atomic mass is 9.98. The van der Waals surface area contributed by atoms with Crippen LogP contribution in [0.5, 0.6) is 5.75 Å². The number of nitrogens with zero attached hydrogens (tertiary/aromatic N) is 3. The van der Waals surface area contributed by atoms with Gasteiger partial charge in [0, 0.05) is 41.5 Å². The highest BCUT2D eigenvalue weighted by Gasteiger charge is 2.35. The molecule has 0 amide bonds. The number of hydrogen-bond donors (Lipinski definition) is 1. The van der Waals surface area contributed by atoms with E-state index in [9.17, 15) is 13.7 Å². The molecule has 0 atom stereocenters. The van der Waals surface area contributed by atoms with E-state index in [1.54, 1.807) is 35.0 Å². The average molecular weight is 526 g/mol. The minimum Gasteiger partial charge on any atom is -0.493 e. The summed E-state index contributed by atoms with van der Waals surface area (Å²) in [7, 11) is -1.65. The quantitative estimate of drug-likeness (QED) is 0.227. The molecule has 0 fully saturated rings. The molecule has 0 saturated carbocycles. The molecule has 10 heteroatoms. The number of aromatic nitrogens is 1. The van der Waals surface area contributed by atoms with Crippen molar-refractivity contribution in [3.05, 3.63) is 89.6 Å². The van der Waals surface area contributed by atoms with Crippen LogP contribution in [0, 0.1) is 17.2 Å². The van der Waals surface area contributed by atoms with Crippen LogP contribution in [0.15, 0.2) is 72.9 Å². The first kappa shape index (κ1) is 26.1. The number of nitriles is 1. The van der Waals surface area contributed by atoms with Gasteiger partial charge in [-0.1, -0.05) is 32.0 Å². The van der Waals surface area contributed by atoms with Gasteiger partial charge in [-0.2, -0.15) is 18.3 Å². The number of thiol groups is 1. The van der Waals surface area contributed by atoms with Gasteiger partial charge >= 0.3 is 0 Å². The Morgan fingerprint density at radius 3 is 2.54 bits per heavy atom. The van der Waals surface area contributed by atoms with E-state index in [2.05, 4.69) is 0 Å². The number of fused-ring (bicyclic) bond motifs is 1. The third-order valence-corrected chi connectivity index (χ3v) is 6.08. The van der Waals surface area contributed by atoms with Gasteiger partial charge < -0.3 is 9.30 Å². The van der Waals surface area contributed by atoms with E-state index in [1.807, 2.05) is 26.0 Å². The molecule has 4 aromatic rings. The molecular formula is C27H25F2N3O4S. The van der Waals surface area contributed by atoms with Crippen LogP contribution in [-0.2, 0) is 21.2 Å². The van der Waals surface area contributed by atoms with Crippen LogP contribution in [0.4, 0.5) is 14.5 Å². The van der Waals surface area contributed by atoms with Crippen LogP contribution in [0.1, 0.15) is 30.5 Å². The summed E-state index contributed by atoms with van der Waals surface area (Å²) in [6.07, 6.45) is 1.74. The Balaban J connectivity index is 1.85. The summed E-state index contributed by atoms with van der Waals surface area (Å²) < 4.78 is 65.8. The first-order chi connectivity index (χ1) is 17.6. The summed E-state index contributed by atoms with van der Waals surface area (Å²) in [5.74, 6) is -2.95. The molecular weight excluding hydrogens is 500 g/mol. The molecule has 0 aliphatic rings. The van der Waals surface area contributed by atoms with E-state index in [4.69, 9.17) is 9.02 Å². The first-order valence-electron chi connectivity index (χ1n) is 11.4. The number of halogens is 2. The van der Waals surface area contributed by atoms with E-state index in [0.717, 1.165) is 10.4 Å². The fraction of sp³-hybridized carbons (Fsp3) is 0.222. The van der Waals surface area contributed by atoms with Crippen LogP contribution in [0.2, 0.25) is 0 Å². The maximum absolute atomic E-state index is 15.8. The number of ether oxygens (including phenoxy) is 1. The maximum atomic E-state index is 15.8. The largest absolute Gasteiger partial charge is 0.493 e. The molecule has 0 unspecified atom stereocenters. The van der Waals surface area contributed by atoms with Crippen LogP contribution in [-0.4, -0.2) is 26.6 Å². The molecule has 0 spiro atoms. The smallest absolute Gasteiger partial charge is 0.298 e. The Morgan fingerprint density at radius 2 is 1.84 bits per heavy atom. The SMILES string of the molecule is CC(C)COc1cc(-n2ccc3ccc(N(C)O[SH](=O)=O)cc32)cc(C(F)(F)c2cccc(C#N)c2)c1. The summed E-state index contributed by atoms with van der Waals surface area (Å²) in [5, 5.41) is 11.1. The van der Waals surface area contributed by atoms with Crippen molar-refractivity contribution in [2.24, 2.45) is 5.92 Å². The van der Waals surface area contributed by atoms with Crippen LogP contribution >= 0.6 is 0 Å². The molecule has 0 N–H and O–H groups in total. The Morgan fingerprint density at radius 1 is 1.05 bits per heavy atom. The number of hydrogen-bond acceptors (Lipinski definition) is 6. The van der Waals surface area contributed by atoms with Gasteiger partial charge in [0.05, 0.1) is 29.4 Å². The molecule has 0 bridgehead atoms. The Labute approximate surface area is 215 Å². The monoisotopic (exact) mass is 525 g/mol. The fourth-order valence-corrected chi connectivity index (χ4v) is 4.18. The molecule has 0 radical (unpaired) electrons. The molecule has 1 heterocycles. The van der Waals surface area contributed by atoms with Gasteiger partial charge in [-0.3, -0.25) is 0 Å². The second kappa shape index (κ2) is 10.6. The second-order valence-electron chi connectivity index (χ2n) is 8.92. The van der Waals surface area contributed by atoms with Crippen LogP contribution < -0.4 is 9.80 Å². The van der Waals surface area contributed by atoms with E-state index < -0.39 is 16.9 Å². The van der Waals surface area contributed by atoms with Crippen molar-refractivity contribution in [2.45, 2.75) is 19.8 Å². The number of rotatable bonds is 9. The predicted octanol–water partition coefficient (Wildman–Crippen LogP) is 5.57. The highest BCUT2D eigenvalue weighted by molar-refractivity contribution is 7.67. The molecule has 37 heavy (non-hydrogen) atoms. The number of benzene rings is 3. The normalized spacial score (nSPS) is 11.7. The van der Waals surface area contributed by atoms with Gasteiger partial charge in [-0.05, 0) is 48.4 Å². The van der Waals surface area contributed by atoms with Crippen molar-refractivity contribution < 1.29 is 26.2 Å². The van der Waals surface area contributed by atoms with Gasteiger partial charge in [0.1, 0.15) is 5.75 Å². The third-order valence-electron chi connectivity index (χ3n) is 5.70. The highest BCUT2D eigenvalue weighted by atomic mass is 32.2. The van der Waals surface area contributed by atoms with Gasteiger partial charge in [0.25, 0.3) is 16.9 Å². The summed E-state index contributed by atoms with van der Waals surface area (Å²) in [5.41, 5.74) is 1.08. The first-order valence-corrected chi connectivity index (χ1v) is 12.5. The lowest BCUT2D eigenvalue weighted by molar-refractivity contribution is 0.0425. The zero-order valence-electron chi connectivity index (χ0n) is 20.4. The summed E-state index contributed by atoms with van der Waals surface area (Å²) in [6.45, 7) is 4.26. The fourth-order valence-electron chi connectivity index (χ4n) is 3.89. The predicted molar refractivity (Wildman–Crippen MR) is 138 cm³/mol. The van der Waals surface area contributed by atoms with E-state index in [1.165, 1.54) is 43.4 Å². The molecule has 1 aromatic heterocycles. The zero-order valence-corrected chi connectivity index (χ0v) is 21.3. The van der Waals surface area contributed by atoms with Crippen molar-refractivity contribution >= 4 is 27.6 Å². The van der Waals surface area contributed by atoms with E-state index in [0.29, 0.717) is 23.5 Å². The number of alkyl halides is 2. The van der Waals surface area contributed by atoms with Crippen molar-refractivity contribution in [3.8, 4) is 17.5 Å². The van der Waals surface area contributed by atoms with Gasteiger partial charge in [-0.15, -0.1) is 0 Å². The van der Waals surface area contributed by atoms with E-state index in [-0.39, 0.29) is 28.4 Å². The van der Waals surface area contributed by atoms with E-state index >= 15 is 8.78 Å². The maximum Gasteiger partial charge on any atom is 0.298 e. The van der Waals surface area contributed by atoms with Gasteiger partial charge in [0.2, 0.25) is 0 Å². The number of anilines is 1. The summed E-state index contributed by atoms with van der Waals surface area (Å²) in [4.78, 5) is 0. The van der Waals surface area contributed by atoms with Crippen molar-refractivity contribution in [1.82, 2.24) is 4.57 Å². The minimum atomic E-state index is -3.40. The van der Waals surface area contributed by atoms with Gasteiger partial charge in [-0.25, -0.2) is 13.5 Å². The molecule has 0 aliphatic carbocycles. The molecule has 7 nitrogen and oxygen atoms in total. The highest BCUT2D eigenvalue weighted by Crippen LogP contribution is 2.39. The van der Waals surface area contributed by atoms with Crippen LogP contribution in [0.3, 0.4) is 0 Å². The van der Waals surface area contributed by atoms with Crippen molar-refractivity contribution in [1.29, 1.82) is 5.26 Å². The molecule has 0 aliphatic heterocycles. The van der Waals surface area contributed by atoms with Crippen molar-refractivity contribution in [3.63, 3.8) is 0 Å². The molecule has 0 saturated heterocycles. The summed E-state index contributed by atoms with van der Waals surface area (Å²) in [6, 6.07) is 18.6. The lowest BCUT2D eigenvalue weighted by Crippen LogP contribution is -2.17. The minimum absolute atomic E-state index is 0.139. The standard InChI is InChI=1S/C27H25F2N3O4S/c1-18(2)17-35-25-13-22(27(28,29)21-6-4-5-19(11-21)16-30)12-24(14-25)32-10-9-20-7-8-23(15-26(20)32)31(3)36-37(33)34/h4-15,18,37H,17H2,1-3H3. The topological polar surface area (TPSA) is 84.6 Å². The number of hydroxylamine groups is 1. The Bertz CT molecular complexity index is 1550. The lowest BCUT2D eigenvalue weighted by Gasteiger charge is -2.21. The Kier molecular flexibility index (Phi) is 7.47. The average Bonchev–Trinajstić information content (AvgIpc) is 3.30. The second-order valence-corrected chi connectivity index (χ2v) is 9.53. The van der Waals surface area contributed by atoms with Crippen LogP contribution in [0.25, 0.3) is 16.6 Å². The molecule has 4 rings (SSSR count). The van der Waals surface area contributed by atoms with Crippen molar-refractivity contribution in [2.75, 3.05) is 18.7 Å². The Hall–Kier alpha value is -3.94. The molecule has 192 valence electrons.